The summed E-state index contributed by atoms with van der Waals surface area (Å²) in [5.74, 6) is -0.124. The lowest BCUT2D eigenvalue weighted by atomic mass is 10.1. The van der Waals surface area contributed by atoms with Gasteiger partial charge in [0.25, 0.3) is 0 Å². The van der Waals surface area contributed by atoms with Crippen LogP contribution in [0.3, 0.4) is 0 Å². The molecule has 0 fully saturated rings. The van der Waals surface area contributed by atoms with Crippen molar-refractivity contribution in [2.24, 2.45) is 5.92 Å². The molecule has 13 heavy (non-hydrogen) atoms. The molecule has 0 aliphatic heterocycles. The molecule has 0 heterocycles. The Labute approximate surface area is 78.8 Å². The third-order valence-corrected chi connectivity index (χ3v) is 1.49. The van der Waals surface area contributed by atoms with Gasteiger partial charge in [0.05, 0.1) is 6.61 Å². The van der Waals surface area contributed by atoms with Crippen LogP contribution in [0.1, 0.15) is 33.6 Å². The number of hydrogen-bond acceptors (Lipinski definition) is 4. The molecular formula is C9H18O4. The third kappa shape index (κ3) is 7.74. The Hall–Kier alpha value is -0.610. The van der Waals surface area contributed by atoms with Gasteiger partial charge in [-0.25, -0.2) is 4.79 Å². The van der Waals surface area contributed by atoms with Crippen LogP contribution >= 0.6 is 0 Å². The van der Waals surface area contributed by atoms with Crippen molar-refractivity contribution in [3.63, 3.8) is 0 Å². The van der Waals surface area contributed by atoms with Crippen LogP contribution < -0.4 is 0 Å². The van der Waals surface area contributed by atoms with Gasteiger partial charge in [-0.05, 0) is 25.7 Å². The Morgan fingerprint density at radius 1 is 1.38 bits per heavy atom. The fourth-order valence-electron chi connectivity index (χ4n) is 0.720. The first-order chi connectivity index (χ1) is 6.04. The van der Waals surface area contributed by atoms with Crippen LogP contribution in [-0.2, 0) is 14.6 Å². The number of carbonyl (C=O) groups is 1. The van der Waals surface area contributed by atoms with Gasteiger partial charge in [0.1, 0.15) is 0 Å². The Kier molecular flexibility index (Phi) is 6.54. The van der Waals surface area contributed by atoms with Crippen molar-refractivity contribution >= 4 is 5.97 Å². The first-order valence-electron chi connectivity index (χ1n) is 4.55. The second-order valence-corrected chi connectivity index (χ2v) is 3.44. The standard InChI is InChI=1S/C9H18O4/c1-7(2)5-4-6-12-13-9(11)8(3)10/h7-8,10H,4-6H2,1-3H3. The fourth-order valence-corrected chi connectivity index (χ4v) is 0.720. The number of rotatable bonds is 6. The SMILES string of the molecule is CC(C)CCCOOC(=O)C(C)O. The zero-order valence-electron chi connectivity index (χ0n) is 8.45. The summed E-state index contributed by atoms with van der Waals surface area (Å²) in [4.78, 5) is 19.5. The van der Waals surface area contributed by atoms with E-state index in [1.54, 1.807) is 0 Å². The molecule has 0 aromatic rings. The van der Waals surface area contributed by atoms with Crippen molar-refractivity contribution in [2.45, 2.75) is 39.7 Å². The molecule has 1 atom stereocenters. The number of carbonyl (C=O) groups excluding carboxylic acids is 1. The average molecular weight is 190 g/mol. The van der Waals surface area contributed by atoms with Gasteiger partial charge in [-0.2, -0.15) is 4.89 Å². The number of hydrogen-bond donors (Lipinski definition) is 1. The second-order valence-electron chi connectivity index (χ2n) is 3.44. The summed E-state index contributed by atoms with van der Waals surface area (Å²) >= 11 is 0. The molecule has 0 aromatic carbocycles. The quantitative estimate of drug-likeness (QED) is 0.389. The minimum atomic E-state index is -1.12. The van der Waals surface area contributed by atoms with Crippen LogP contribution in [0.5, 0.6) is 0 Å². The van der Waals surface area contributed by atoms with Gasteiger partial charge in [-0.1, -0.05) is 13.8 Å². The fraction of sp³-hybridized carbons (Fsp3) is 0.889. The van der Waals surface area contributed by atoms with E-state index in [9.17, 15) is 4.79 Å². The molecule has 0 radical (unpaired) electrons. The maximum absolute atomic E-state index is 10.6. The summed E-state index contributed by atoms with van der Waals surface area (Å²) in [7, 11) is 0. The van der Waals surface area contributed by atoms with Gasteiger partial charge < -0.3 is 5.11 Å². The Morgan fingerprint density at radius 2 is 2.00 bits per heavy atom. The van der Waals surface area contributed by atoms with E-state index in [0.717, 1.165) is 12.8 Å². The van der Waals surface area contributed by atoms with Crippen LogP contribution in [0.2, 0.25) is 0 Å². The largest absolute Gasteiger partial charge is 0.382 e. The van der Waals surface area contributed by atoms with Crippen LogP contribution in [0, 0.1) is 5.92 Å². The summed E-state index contributed by atoms with van der Waals surface area (Å²) in [5, 5.41) is 8.71. The minimum absolute atomic E-state index is 0.386. The molecule has 1 unspecified atom stereocenters. The lowest BCUT2D eigenvalue weighted by molar-refractivity contribution is -0.278. The monoisotopic (exact) mass is 190 g/mol. The molecule has 78 valence electrons. The molecule has 0 aromatic heterocycles. The molecule has 0 aliphatic rings. The van der Waals surface area contributed by atoms with E-state index in [4.69, 9.17) is 5.11 Å². The molecule has 0 rings (SSSR count). The highest BCUT2D eigenvalue weighted by Gasteiger charge is 2.10. The van der Waals surface area contributed by atoms with Crippen LogP contribution in [0.15, 0.2) is 0 Å². The Bertz CT molecular complexity index is 143. The van der Waals surface area contributed by atoms with E-state index >= 15 is 0 Å². The van der Waals surface area contributed by atoms with Crippen molar-refractivity contribution < 1.29 is 19.7 Å². The molecule has 0 spiro atoms. The van der Waals surface area contributed by atoms with Crippen molar-refractivity contribution in [1.82, 2.24) is 0 Å². The van der Waals surface area contributed by atoms with Gasteiger partial charge in [0, 0.05) is 0 Å². The van der Waals surface area contributed by atoms with Crippen molar-refractivity contribution in [2.75, 3.05) is 6.61 Å². The third-order valence-electron chi connectivity index (χ3n) is 1.49. The van der Waals surface area contributed by atoms with Crippen molar-refractivity contribution in [1.29, 1.82) is 0 Å². The molecule has 0 bridgehead atoms. The van der Waals surface area contributed by atoms with Gasteiger partial charge in [0.15, 0.2) is 6.10 Å². The second kappa shape index (κ2) is 6.86. The first kappa shape index (κ1) is 12.4. The predicted molar refractivity (Wildman–Crippen MR) is 47.8 cm³/mol. The van der Waals surface area contributed by atoms with Gasteiger partial charge in [-0.15, -0.1) is 0 Å². The molecule has 0 amide bonds. The molecular weight excluding hydrogens is 172 g/mol. The zero-order chi connectivity index (χ0) is 10.3. The Morgan fingerprint density at radius 3 is 2.46 bits per heavy atom. The van der Waals surface area contributed by atoms with E-state index in [0.29, 0.717) is 12.5 Å². The van der Waals surface area contributed by atoms with Gasteiger partial charge in [-0.3, -0.25) is 4.89 Å². The highest BCUT2D eigenvalue weighted by molar-refractivity contribution is 5.73. The average Bonchev–Trinajstić information content (AvgIpc) is 2.02. The van der Waals surface area contributed by atoms with Gasteiger partial charge in [0.2, 0.25) is 0 Å². The minimum Gasteiger partial charge on any atom is -0.382 e. The highest BCUT2D eigenvalue weighted by Crippen LogP contribution is 2.03. The number of aliphatic hydroxyl groups is 1. The summed E-state index contributed by atoms with van der Waals surface area (Å²) in [6.07, 6.45) is 0.766. The van der Waals surface area contributed by atoms with Crippen molar-refractivity contribution in [3.05, 3.63) is 0 Å². The normalized spacial score (nSPS) is 13.0. The molecule has 0 aliphatic carbocycles. The lowest BCUT2D eigenvalue weighted by Crippen LogP contribution is -2.19. The summed E-state index contributed by atoms with van der Waals surface area (Å²) in [5.41, 5.74) is 0. The lowest BCUT2D eigenvalue weighted by Gasteiger charge is -2.06. The van der Waals surface area contributed by atoms with Gasteiger partial charge >= 0.3 is 5.97 Å². The van der Waals surface area contributed by atoms with E-state index < -0.39 is 12.1 Å². The number of aliphatic hydroxyl groups excluding tert-OH is 1. The molecule has 4 nitrogen and oxygen atoms in total. The predicted octanol–water partition coefficient (Wildman–Crippen LogP) is 1.28. The van der Waals surface area contributed by atoms with Crippen LogP contribution in [0.25, 0.3) is 0 Å². The molecule has 1 N–H and O–H groups in total. The smallest absolute Gasteiger partial charge is 0.370 e. The highest BCUT2D eigenvalue weighted by atomic mass is 17.2. The first-order valence-corrected chi connectivity index (χ1v) is 4.55. The summed E-state index contributed by atoms with van der Waals surface area (Å²) in [6, 6.07) is 0. The molecule has 0 saturated carbocycles. The van der Waals surface area contributed by atoms with E-state index in [1.807, 2.05) is 0 Å². The molecule has 0 saturated heterocycles. The topological polar surface area (TPSA) is 55.8 Å². The van der Waals surface area contributed by atoms with Crippen LogP contribution in [-0.4, -0.2) is 23.8 Å². The van der Waals surface area contributed by atoms with E-state index in [1.165, 1.54) is 6.92 Å². The molecule has 4 heteroatoms. The van der Waals surface area contributed by atoms with E-state index in [-0.39, 0.29) is 0 Å². The van der Waals surface area contributed by atoms with Crippen LogP contribution in [0.4, 0.5) is 0 Å². The zero-order valence-corrected chi connectivity index (χ0v) is 8.45. The summed E-state index contributed by atoms with van der Waals surface area (Å²) < 4.78 is 0. The maximum Gasteiger partial charge on any atom is 0.370 e. The maximum atomic E-state index is 10.6. The van der Waals surface area contributed by atoms with Crippen molar-refractivity contribution in [3.8, 4) is 0 Å². The van der Waals surface area contributed by atoms with E-state index in [2.05, 4.69) is 23.6 Å². The summed E-state index contributed by atoms with van der Waals surface area (Å²) in [6.45, 7) is 5.94. The Balaban J connectivity index is 3.21.